The molecule has 3 aromatic heterocycles. The van der Waals surface area contributed by atoms with Crippen molar-refractivity contribution in [3.63, 3.8) is 0 Å². The van der Waals surface area contributed by atoms with Crippen molar-refractivity contribution in [3.05, 3.63) is 46.8 Å². The monoisotopic (exact) mass is 370 g/mol. The van der Waals surface area contributed by atoms with E-state index in [1.165, 1.54) is 0 Å². The van der Waals surface area contributed by atoms with Gasteiger partial charge in [0.1, 0.15) is 11.3 Å². The lowest BCUT2D eigenvalue weighted by Crippen LogP contribution is -2.00. The Balaban J connectivity index is 1.67. The molecule has 0 unspecified atom stereocenters. The number of halogens is 1. The van der Waals surface area contributed by atoms with Gasteiger partial charge in [0, 0.05) is 12.4 Å². The minimum Gasteiger partial charge on any atom is -0.448 e. The van der Waals surface area contributed by atoms with E-state index in [1.807, 2.05) is 35.9 Å². The number of hydrogen-bond donors (Lipinski definition) is 1. The first kappa shape index (κ1) is 13.9. The fourth-order valence-electron chi connectivity index (χ4n) is 2.40. The number of nitrogens with zero attached hydrogens (tertiary/aromatic N) is 5. The number of aromatic nitrogens is 4. The molecule has 3 heterocycles. The van der Waals surface area contributed by atoms with Gasteiger partial charge in [-0.1, -0.05) is 18.2 Å². The predicted octanol–water partition coefficient (Wildman–Crippen LogP) is 3.32. The summed E-state index contributed by atoms with van der Waals surface area (Å²) in [6, 6.07) is 11.6. The number of hydrogen-bond acceptors (Lipinski definition) is 6. The van der Waals surface area contributed by atoms with Crippen molar-refractivity contribution in [1.82, 2.24) is 19.7 Å². The standard InChI is InChI=1S/C15H11BrN6O/c1-22-11-5-3-2-4-10(11)13-14(22)18-15(21-19-13)20-17-8-9-6-7-12(16)23-9/h2-8H,1H3,(H,18,20,21)/b17-8+. The van der Waals surface area contributed by atoms with Crippen LogP contribution in [0.4, 0.5) is 5.95 Å². The highest BCUT2D eigenvalue weighted by atomic mass is 79.9. The minimum atomic E-state index is 0.324. The fourth-order valence-corrected chi connectivity index (χ4v) is 2.72. The lowest BCUT2D eigenvalue weighted by atomic mass is 10.2. The molecule has 0 radical (unpaired) electrons. The molecule has 0 bridgehead atoms. The van der Waals surface area contributed by atoms with Gasteiger partial charge in [0.2, 0.25) is 0 Å². The average Bonchev–Trinajstić information content (AvgIpc) is 3.10. The second-order valence-electron chi connectivity index (χ2n) is 4.90. The number of furan rings is 1. The number of rotatable bonds is 3. The molecular formula is C15H11BrN6O. The van der Waals surface area contributed by atoms with Crippen LogP contribution in [0.3, 0.4) is 0 Å². The summed E-state index contributed by atoms with van der Waals surface area (Å²) >= 11 is 3.23. The molecule has 4 rings (SSSR count). The highest BCUT2D eigenvalue weighted by molar-refractivity contribution is 9.10. The molecule has 0 spiro atoms. The molecule has 8 heteroatoms. The molecule has 0 saturated carbocycles. The van der Waals surface area contributed by atoms with Gasteiger partial charge in [-0.2, -0.15) is 10.1 Å². The second-order valence-corrected chi connectivity index (χ2v) is 5.68. The van der Waals surface area contributed by atoms with Crippen LogP contribution in [0.1, 0.15) is 5.76 Å². The third-order valence-electron chi connectivity index (χ3n) is 3.46. The van der Waals surface area contributed by atoms with Gasteiger partial charge in [0.05, 0.1) is 11.7 Å². The summed E-state index contributed by atoms with van der Waals surface area (Å²) in [4.78, 5) is 4.47. The number of benzene rings is 1. The van der Waals surface area contributed by atoms with Crippen LogP contribution in [0.15, 0.2) is 50.6 Å². The summed E-state index contributed by atoms with van der Waals surface area (Å²) in [6.07, 6.45) is 1.54. The van der Waals surface area contributed by atoms with Crippen molar-refractivity contribution in [2.24, 2.45) is 12.1 Å². The predicted molar refractivity (Wildman–Crippen MR) is 91.4 cm³/mol. The van der Waals surface area contributed by atoms with E-state index in [2.05, 4.69) is 41.6 Å². The minimum absolute atomic E-state index is 0.324. The number of anilines is 1. The Morgan fingerprint density at radius 2 is 2.09 bits per heavy atom. The fraction of sp³-hybridized carbons (Fsp3) is 0.0667. The molecule has 0 saturated heterocycles. The summed E-state index contributed by atoms with van der Waals surface area (Å²) in [5.74, 6) is 0.938. The lowest BCUT2D eigenvalue weighted by Gasteiger charge is -1.99. The Bertz CT molecular complexity index is 1030. The normalized spacial score (nSPS) is 11.7. The maximum absolute atomic E-state index is 5.32. The average molecular weight is 371 g/mol. The van der Waals surface area contributed by atoms with E-state index >= 15 is 0 Å². The first-order valence-corrected chi connectivity index (χ1v) is 7.64. The van der Waals surface area contributed by atoms with Crippen molar-refractivity contribution >= 4 is 50.2 Å². The molecule has 0 aliphatic heterocycles. The topological polar surface area (TPSA) is 81.1 Å². The van der Waals surface area contributed by atoms with E-state index in [9.17, 15) is 0 Å². The Hall–Kier alpha value is -2.74. The van der Waals surface area contributed by atoms with Gasteiger partial charge in [-0.25, -0.2) is 5.43 Å². The van der Waals surface area contributed by atoms with E-state index in [0.29, 0.717) is 16.4 Å². The maximum atomic E-state index is 5.32. The number of hydrazone groups is 1. The van der Waals surface area contributed by atoms with Crippen molar-refractivity contribution in [2.45, 2.75) is 0 Å². The summed E-state index contributed by atoms with van der Waals surface area (Å²) in [5, 5.41) is 13.4. The zero-order valence-corrected chi connectivity index (χ0v) is 13.6. The molecule has 1 aromatic carbocycles. The van der Waals surface area contributed by atoms with Crippen molar-refractivity contribution in [2.75, 3.05) is 5.43 Å². The summed E-state index contributed by atoms with van der Waals surface area (Å²) in [5.41, 5.74) is 5.34. The molecule has 1 N–H and O–H groups in total. The molecule has 23 heavy (non-hydrogen) atoms. The molecule has 0 atom stereocenters. The first-order valence-electron chi connectivity index (χ1n) is 6.84. The van der Waals surface area contributed by atoms with Crippen LogP contribution in [0.2, 0.25) is 0 Å². The highest BCUT2D eigenvalue weighted by Gasteiger charge is 2.11. The first-order chi connectivity index (χ1) is 11.2. The number of aryl methyl sites for hydroxylation is 1. The Morgan fingerprint density at radius 1 is 1.22 bits per heavy atom. The SMILES string of the molecule is Cn1c2ccccc2c2nnc(N/N=C/c3ccc(Br)o3)nc21. The highest BCUT2D eigenvalue weighted by Crippen LogP contribution is 2.24. The van der Waals surface area contributed by atoms with Gasteiger partial charge in [-0.3, -0.25) is 0 Å². The third-order valence-corrected chi connectivity index (χ3v) is 3.88. The van der Waals surface area contributed by atoms with Gasteiger partial charge in [-0.05, 0) is 34.1 Å². The molecule has 0 amide bonds. The van der Waals surface area contributed by atoms with E-state index in [4.69, 9.17) is 4.42 Å². The van der Waals surface area contributed by atoms with Crippen molar-refractivity contribution < 1.29 is 4.42 Å². The van der Waals surface area contributed by atoms with Gasteiger partial charge in [0.15, 0.2) is 10.3 Å². The Labute approximate surface area is 139 Å². The smallest absolute Gasteiger partial charge is 0.265 e. The van der Waals surface area contributed by atoms with E-state index in [1.54, 1.807) is 18.3 Å². The summed E-state index contributed by atoms with van der Waals surface area (Å²) < 4.78 is 7.95. The van der Waals surface area contributed by atoms with Crippen LogP contribution in [0, 0.1) is 0 Å². The molecule has 4 aromatic rings. The van der Waals surface area contributed by atoms with E-state index in [0.717, 1.165) is 22.1 Å². The second kappa shape index (κ2) is 5.47. The zero-order valence-electron chi connectivity index (χ0n) is 12.1. The van der Waals surface area contributed by atoms with Gasteiger partial charge in [0.25, 0.3) is 5.95 Å². The number of para-hydroxylation sites is 1. The van der Waals surface area contributed by atoms with Crippen LogP contribution < -0.4 is 5.43 Å². The Kier molecular flexibility index (Phi) is 3.30. The van der Waals surface area contributed by atoms with Crippen LogP contribution in [-0.4, -0.2) is 26.0 Å². The van der Waals surface area contributed by atoms with Gasteiger partial charge in [-0.15, -0.1) is 10.2 Å². The van der Waals surface area contributed by atoms with Crippen LogP contribution >= 0.6 is 15.9 Å². The Morgan fingerprint density at radius 3 is 2.91 bits per heavy atom. The van der Waals surface area contributed by atoms with E-state index in [-0.39, 0.29) is 0 Å². The number of fused-ring (bicyclic) bond motifs is 3. The van der Waals surface area contributed by atoms with Crippen molar-refractivity contribution in [1.29, 1.82) is 0 Å². The van der Waals surface area contributed by atoms with Gasteiger partial charge >= 0.3 is 0 Å². The molecule has 114 valence electrons. The summed E-state index contributed by atoms with van der Waals surface area (Å²) in [6.45, 7) is 0. The lowest BCUT2D eigenvalue weighted by molar-refractivity contribution is 0.534. The quantitative estimate of drug-likeness (QED) is 0.441. The molecule has 7 nitrogen and oxygen atoms in total. The molecule has 0 aliphatic rings. The number of nitrogens with one attached hydrogen (secondary N) is 1. The zero-order chi connectivity index (χ0) is 15.8. The molecule has 0 fully saturated rings. The van der Waals surface area contributed by atoms with Gasteiger partial charge < -0.3 is 8.98 Å². The van der Waals surface area contributed by atoms with E-state index < -0.39 is 0 Å². The van der Waals surface area contributed by atoms with Crippen LogP contribution in [0.25, 0.3) is 22.1 Å². The third kappa shape index (κ3) is 2.46. The summed E-state index contributed by atoms with van der Waals surface area (Å²) in [7, 11) is 1.95. The van der Waals surface area contributed by atoms with Crippen molar-refractivity contribution in [3.8, 4) is 0 Å². The molecular weight excluding hydrogens is 360 g/mol. The largest absolute Gasteiger partial charge is 0.448 e. The van der Waals surface area contributed by atoms with Crippen LogP contribution in [0.5, 0.6) is 0 Å². The van der Waals surface area contributed by atoms with Crippen LogP contribution in [-0.2, 0) is 7.05 Å². The molecule has 0 aliphatic carbocycles. The maximum Gasteiger partial charge on any atom is 0.265 e.